The molecule has 0 aliphatic heterocycles. The number of nitriles is 1. The number of aromatic nitrogens is 14. The molecule has 6 aromatic heterocycles. The van der Waals surface area contributed by atoms with E-state index in [0.29, 0.717) is 142 Å². The minimum atomic E-state index is -4.67. The Bertz CT molecular complexity index is 6300. The predicted molar refractivity (Wildman–Crippen MR) is 454 cm³/mol. The predicted octanol–water partition coefficient (Wildman–Crippen LogP) is 23.5. The number of alkyl halides is 3. The molecule has 0 saturated carbocycles. The summed E-state index contributed by atoms with van der Waals surface area (Å²) in [6, 6.07) is 113. The molecule has 0 fully saturated rings. The van der Waals surface area contributed by atoms with Gasteiger partial charge in [0.25, 0.3) is 0 Å². The first kappa shape index (κ1) is 70.1. The first-order valence-corrected chi connectivity index (χ1v) is 37.9. The number of fused-ring (bicyclic) bond motifs is 6. The molecule has 0 saturated heterocycles. The molecule has 117 heavy (non-hydrogen) atoms. The Labute approximate surface area is 667 Å². The highest BCUT2D eigenvalue weighted by Crippen LogP contribution is 2.46. The van der Waals surface area contributed by atoms with E-state index in [1.165, 1.54) is 12.1 Å². The molecule has 552 valence electrons. The van der Waals surface area contributed by atoms with Crippen LogP contribution in [0.15, 0.2) is 346 Å². The topological polar surface area (TPSA) is 188 Å². The van der Waals surface area contributed by atoms with Crippen molar-refractivity contribution >= 4 is 43.6 Å². The molecule has 6 heterocycles. The van der Waals surface area contributed by atoms with Crippen molar-refractivity contribution in [3.05, 3.63) is 362 Å². The van der Waals surface area contributed by atoms with Crippen LogP contribution in [0.2, 0.25) is 0 Å². The average molecular weight is 1520 g/mol. The second kappa shape index (κ2) is 29.3. The molecule has 0 amide bonds. The normalized spacial score (nSPS) is 11.6. The van der Waals surface area contributed by atoms with Crippen LogP contribution in [-0.4, -0.2) is 68.9 Å². The average Bonchev–Trinajstić information content (AvgIpc) is 1.58. The van der Waals surface area contributed by atoms with Crippen LogP contribution in [-0.2, 0) is 6.18 Å². The second-order valence-corrected chi connectivity index (χ2v) is 28.3. The van der Waals surface area contributed by atoms with Crippen LogP contribution in [0.1, 0.15) is 16.7 Å². The van der Waals surface area contributed by atoms with Gasteiger partial charge in [-0.3, -0.25) is 0 Å². The summed E-state index contributed by atoms with van der Waals surface area (Å²) < 4.78 is 49.4. The van der Waals surface area contributed by atoms with Crippen LogP contribution in [0, 0.1) is 18.3 Å². The first-order chi connectivity index (χ1) is 57.4. The Hall–Kier alpha value is -16.0. The third-order valence-corrected chi connectivity index (χ3v) is 20.9. The zero-order valence-electron chi connectivity index (χ0n) is 62.3. The molecular weight excluding hydrogens is 1460 g/mol. The fourth-order valence-electron chi connectivity index (χ4n) is 15.3. The number of benzene rings is 14. The molecule has 0 atom stereocenters. The van der Waals surface area contributed by atoms with Gasteiger partial charge in [-0.25, -0.2) is 59.8 Å². The van der Waals surface area contributed by atoms with E-state index < -0.39 is 11.7 Å². The van der Waals surface area contributed by atoms with Gasteiger partial charge in [0.15, 0.2) is 69.9 Å². The molecule has 20 rings (SSSR count). The number of nitrogens with zero attached hydrogens (tertiary/aromatic N) is 15. The summed E-state index contributed by atoms with van der Waals surface area (Å²) in [6.45, 7) is 1.68. The highest BCUT2D eigenvalue weighted by atomic mass is 19.4. The maximum absolute atomic E-state index is 15.1. The molecule has 0 unspecified atom stereocenters. The van der Waals surface area contributed by atoms with Crippen LogP contribution in [0.3, 0.4) is 0 Å². The molecule has 0 bridgehead atoms. The van der Waals surface area contributed by atoms with E-state index in [1.54, 1.807) is 6.92 Å². The van der Waals surface area contributed by atoms with Crippen LogP contribution >= 0.6 is 0 Å². The maximum Gasteiger partial charge on any atom is 0.416 e. The molecule has 18 heteroatoms. The molecule has 14 aromatic carbocycles. The van der Waals surface area contributed by atoms with Gasteiger partial charge in [0.05, 0.1) is 39.0 Å². The highest BCUT2D eigenvalue weighted by molar-refractivity contribution is 6.13. The van der Waals surface area contributed by atoms with Gasteiger partial charge < -0.3 is 9.13 Å². The van der Waals surface area contributed by atoms with Gasteiger partial charge in [0.2, 0.25) is 0 Å². The van der Waals surface area contributed by atoms with Crippen molar-refractivity contribution in [2.45, 2.75) is 13.1 Å². The molecule has 0 aliphatic rings. The minimum Gasteiger partial charge on any atom is -0.308 e. The Balaban J connectivity index is 0.905. The van der Waals surface area contributed by atoms with Gasteiger partial charge in [-0.2, -0.15) is 18.4 Å². The van der Waals surface area contributed by atoms with Crippen LogP contribution in [0.5, 0.6) is 0 Å². The van der Waals surface area contributed by atoms with Crippen molar-refractivity contribution in [3.8, 4) is 165 Å². The molecule has 0 spiro atoms. The van der Waals surface area contributed by atoms with Gasteiger partial charge in [-0.1, -0.05) is 297 Å². The summed E-state index contributed by atoms with van der Waals surface area (Å²) in [7, 11) is 0. The standard InChI is InChI=1S/C99H60F3N15/c1-60-52-74(99(100,101)102)46-51-75(60)73-57-85(116-81-53-69(95-108-87(61-26-10-2-11-27-61)104-88(109-95)62-28-12-3-13-29-62)42-47-76(81)77-48-43-70(54-82(77)116)96-110-89(63-30-14-4-15-31-63)105-90(111-96)64-32-16-5-17-33-64)80(59-103)86(58-73)117-83-55-71(97-112-91(65-34-18-6-19-35-65)106-92(113-97)66-36-20-7-21-37-66)44-49-78(83)79-50-45-72(56-84(79)117)98-114-93(67-38-22-8-23-39-67)107-94(115-98)68-40-24-9-25-41-68/h2-58H,1H3. The van der Waals surface area contributed by atoms with Crippen LogP contribution in [0.25, 0.3) is 203 Å². The number of hydrogen-bond acceptors (Lipinski definition) is 13. The Morgan fingerprint density at radius 2 is 0.453 bits per heavy atom. The van der Waals surface area contributed by atoms with Gasteiger partial charge in [0, 0.05) is 88.3 Å². The lowest BCUT2D eigenvalue weighted by Gasteiger charge is -2.20. The SMILES string of the molecule is Cc1cc(C(F)(F)F)ccc1-c1cc(-n2c3cc(-c4nc(-c5ccccc5)nc(-c5ccccc5)n4)ccc3c3ccc(-c4nc(-c5ccccc5)nc(-c5ccccc5)n4)cc32)c(C#N)c(-n2c3cc(-c4nc(-c5ccccc5)nc(-c5ccccc5)n4)ccc3c3ccc(-c4nc(-c5ccccc5)nc(-c5ccccc5)n4)cc32)c1. The molecule has 20 aromatic rings. The van der Waals surface area contributed by atoms with E-state index in [4.69, 9.17) is 59.8 Å². The third-order valence-electron chi connectivity index (χ3n) is 20.9. The molecular formula is C99H60F3N15. The summed E-state index contributed by atoms with van der Waals surface area (Å²) in [6.07, 6.45) is -4.67. The van der Waals surface area contributed by atoms with Gasteiger partial charge in [-0.15, -0.1) is 0 Å². The van der Waals surface area contributed by atoms with Gasteiger partial charge in [-0.05, 0) is 72.1 Å². The highest BCUT2D eigenvalue weighted by Gasteiger charge is 2.32. The van der Waals surface area contributed by atoms with Crippen molar-refractivity contribution in [1.29, 1.82) is 5.26 Å². The molecule has 0 N–H and O–H groups in total. The fraction of sp³-hybridized carbons (Fsp3) is 0.0202. The fourth-order valence-corrected chi connectivity index (χ4v) is 15.3. The number of rotatable bonds is 15. The molecule has 15 nitrogen and oxygen atoms in total. The third kappa shape index (κ3) is 13.3. The number of hydrogen-bond donors (Lipinski definition) is 0. The molecule has 0 radical (unpaired) electrons. The summed E-state index contributed by atoms with van der Waals surface area (Å²) in [5.41, 5.74) is 12.6. The summed E-state index contributed by atoms with van der Waals surface area (Å²) in [5, 5.41) is 16.0. The van der Waals surface area contributed by atoms with Crippen molar-refractivity contribution in [2.24, 2.45) is 0 Å². The van der Waals surface area contributed by atoms with E-state index >= 15 is 13.2 Å². The van der Waals surface area contributed by atoms with E-state index in [2.05, 4.69) is 15.2 Å². The van der Waals surface area contributed by atoms with E-state index in [-0.39, 0.29) is 5.56 Å². The van der Waals surface area contributed by atoms with Crippen LogP contribution in [0.4, 0.5) is 13.2 Å². The van der Waals surface area contributed by atoms with Crippen molar-refractivity contribution in [1.82, 2.24) is 68.9 Å². The van der Waals surface area contributed by atoms with Crippen LogP contribution < -0.4 is 0 Å². The van der Waals surface area contributed by atoms with Crippen molar-refractivity contribution in [3.63, 3.8) is 0 Å². The minimum absolute atomic E-state index is 0.180. The maximum atomic E-state index is 15.1. The molecule has 0 aliphatic carbocycles. The Morgan fingerprint density at radius 1 is 0.239 bits per heavy atom. The van der Waals surface area contributed by atoms with Crippen molar-refractivity contribution < 1.29 is 13.2 Å². The van der Waals surface area contributed by atoms with E-state index in [0.717, 1.165) is 72.1 Å². The Kier molecular flexibility index (Phi) is 17.5. The van der Waals surface area contributed by atoms with Crippen molar-refractivity contribution in [2.75, 3.05) is 0 Å². The summed E-state index contributed by atoms with van der Waals surface area (Å²) in [4.78, 5) is 62.1. The lowest BCUT2D eigenvalue weighted by Crippen LogP contribution is -2.07. The quantitative estimate of drug-likeness (QED) is 0.0944. The number of aryl methyl sites for hydroxylation is 1. The lowest BCUT2D eigenvalue weighted by atomic mass is 9.95. The second-order valence-electron chi connectivity index (χ2n) is 28.3. The zero-order valence-corrected chi connectivity index (χ0v) is 62.3. The zero-order chi connectivity index (χ0) is 78.7. The monoisotopic (exact) mass is 1520 g/mol. The van der Waals surface area contributed by atoms with Gasteiger partial charge >= 0.3 is 6.18 Å². The first-order valence-electron chi connectivity index (χ1n) is 37.9. The van der Waals surface area contributed by atoms with Gasteiger partial charge in [0.1, 0.15) is 11.6 Å². The lowest BCUT2D eigenvalue weighted by molar-refractivity contribution is -0.137. The Morgan fingerprint density at radius 3 is 0.650 bits per heavy atom. The number of halogens is 3. The van der Waals surface area contributed by atoms with E-state index in [1.807, 2.05) is 328 Å². The summed E-state index contributed by atoms with van der Waals surface area (Å²) in [5.74, 6) is 5.10. The summed E-state index contributed by atoms with van der Waals surface area (Å²) >= 11 is 0. The largest absolute Gasteiger partial charge is 0.416 e. The smallest absolute Gasteiger partial charge is 0.308 e. The van der Waals surface area contributed by atoms with E-state index in [9.17, 15) is 5.26 Å².